The lowest BCUT2D eigenvalue weighted by molar-refractivity contribution is -0.122. The number of halogens is 2. The monoisotopic (exact) mass is 620 g/mol. The number of phenolic OH excluding ortho intramolecular Hbond substituents is 1. The summed E-state index contributed by atoms with van der Waals surface area (Å²) in [6, 6.07) is 10.4. The number of aromatic hydroxyl groups is 1. The summed E-state index contributed by atoms with van der Waals surface area (Å²) in [5.74, 6) is -0.592. The summed E-state index contributed by atoms with van der Waals surface area (Å²) in [6.07, 6.45) is 1.37. The molecule has 3 rings (SSSR count). The van der Waals surface area contributed by atoms with E-state index >= 15 is 0 Å². The van der Waals surface area contributed by atoms with Gasteiger partial charge in [-0.3, -0.25) is 19.8 Å². The van der Waals surface area contributed by atoms with E-state index in [0.29, 0.717) is 27.2 Å². The highest BCUT2D eigenvalue weighted by atomic mass is 127. The van der Waals surface area contributed by atoms with Gasteiger partial charge >= 0.3 is 0 Å². The lowest BCUT2D eigenvalue weighted by Crippen LogP contribution is -2.54. The number of hydrogen-bond acceptors (Lipinski definition) is 5. The fraction of sp³-hybridized carbons (Fsp3) is 0.105. The topological polar surface area (TPSA) is 78.9 Å². The quantitative estimate of drug-likeness (QED) is 0.235. The molecule has 0 saturated carbocycles. The second-order valence-electron chi connectivity index (χ2n) is 5.71. The van der Waals surface area contributed by atoms with Crippen molar-refractivity contribution in [3.05, 3.63) is 54.7 Å². The van der Waals surface area contributed by atoms with Crippen molar-refractivity contribution in [1.29, 1.82) is 0 Å². The highest BCUT2D eigenvalue weighted by Gasteiger charge is 2.34. The van der Waals surface area contributed by atoms with E-state index in [0.717, 1.165) is 3.57 Å². The van der Waals surface area contributed by atoms with Crippen molar-refractivity contribution < 1.29 is 19.4 Å². The number of nitrogens with one attached hydrogen (secondary N) is 1. The SMILES string of the molecule is CCOc1cccc(N2C(=O)C(=Cc3cc(I)cc(I)c3O)C(=O)NC2=S)c1. The van der Waals surface area contributed by atoms with Gasteiger partial charge in [-0.2, -0.15) is 0 Å². The first-order valence-electron chi connectivity index (χ1n) is 8.14. The van der Waals surface area contributed by atoms with Gasteiger partial charge in [-0.25, -0.2) is 0 Å². The predicted octanol–water partition coefficient (Wildman–Crippen LogP) is 3.83. The van der Waals surface area contributed by atoms with Crippen molar-refractivity contribution >= 4 is 86.1 Å². The molecule has 144 valence electrons. The van der Waals surface area contributed by atoms with Crippen molar-refractivity contribution in [3.8, 4) is 11.5 Å². The average molecular weight is 620 g/mol. The van der Waals surface area contributed by atoms with Crippen molar-refractivity contribution in [1.82, 2.24) is 5.32 Å². The van der Waals surface area contributed by atoms with Crippen molar-refractivity contribution in [2.75, 3.05) is 11.5 Å². The Morgan fingerprint density at radius 2 is 2.00 bits per heavy atom. The molecule has 0 atom stereocenters. The zero-order valence-corrected chi connectivity index (χ0v) is 19.7. The Labute approximate surface area is 194 Å². The smallest absolute Gasteiger partial charge is 0.270 e. The number of carbonyl (C=O) groups excluding carboxylic acids is 2. The molecule has 1 aliphatic rings. The number of hydrogen-bond donors (Lipinski definition) is 2. The molecule has 9 heteroatoms. The van der Waals surface area contributed by atoms with E-state index in [1.165, 1.54) is 11.0 Å². The second kappa shape index (κ2) is 8.74. The van der Waals surface area contributed by atoms with Crippen LogP contribution < -0.4 is 15.0 Å². The highest BCUT2D eigenvalue weighted by Crippen LogP contribution is 2.30. The van der Waals surface area contributed by atoms with Gasteiger partial charge in [-0.1, -0.05) is 6.07 Å². The molecule has 2 amide bonds. The fourth-order valence-corrected chi connectivity index (χ4v) is 4.79. The van der Waals surface area contributed by atoms with Crippen molar-refractivity contribution in [2.24, 2.45) is 0 Å². The number of thiocarbonyl (C=S) groups is 1. The lowest BCUT2D eigenvalue weighted by Gasteiger charge is -2.29. The average Bonchev–Trinajstić information content (AvgIpc) is 2.63. The van der Waals surface area contributed by atoms with Gasteiger partial charge in [0.1, 0.15) is 17.1 Å². The van der Waals surface area contributed by atoms with Crippen LogP contribution in [0.5, 0.6) is 11.5 Å². The summed E-state index contributed by atoms with van der Waals surface area (Å²) in [4.78, 5) is 26.7. The van der Waals surface area contributed by atoms with E-state index in [1.807, 2.05) is 29.5 Å². The molecule has 2 aromatic rings. The van der Waals surface area contributed by atoms with E-state index in [2.05, 4.69) is 27.9 Å². The van der Waals surface area contributed by atoms with Gasteiger partial charge in [0.25, 0.3) is 11.8 Å². The van der Waals surface area contributed by atoms with Crippen LogP contribution in [0.2, 0.25) is 0 Å². The summed E-state index contributed by atoms with van der Waals surface area (Å²) in [7, 11) is 0. The number of nitrogens with zero attached hydrogens (tertiary/aromatic N) is 1. The van der Waals surface area contributed by atoms with E-state index in [1.54, 1.807) is 36.4 Å². The molecule has 1 saturated heterocycles. The summed E-state index contributed by atoms with van der Waals surface area (Å²) >= 11 is 9.31. The standard InChI is InChI=1S/C19H14I2N2O4S/c1-2-27-13-5-3-4-12(9-13)23-18(26)14(17(25)22-19(23)28)7-10-6-11(20)8-15(21)16(10)24/h3-9,24H,2H2,1H3,(H,22,25,28). The minimum Gasteiger partial charge on any atom is -0.506 e. The van der Waals surface area contributed by atoms with Gasteiger partial charge in [0.15, 0.2) is 5.11 Å². The molecule has 0 unspecified atom stereocenters. The van der Waals surface area contributed by atoms with E-state index < -0.39 is 11.8 Å². The first-order chi connectivity index (χ1) is 13.3. The second-order valence-corrected chi connectivity index (χ2v) is 8.51. The Balaban J connectivity index is 2.05. The molecule has 2 aromatic carbocycles. The van der Waals surface area contributed by atoms with Crippen LogP contribution in [0.15, 0.2) is 42.0 Å². The van der Waals surface area contributed by atoms with E-state index in [9.17, 15) is 14.7 Å². The summed E-state index contributed by atoms with van der Waals surface area (Å²) in [6.45, 7) is 2.34. The van der Waals surface area contributed by atoms with Gasteiger partial charge in [0.2, 0.25) is 0 Å². The lowest BCUT2D eigenvalue weighted by atomic mass is 10.1. The normalized spacial score (nSPS) is 15.8. The first-order valence-corrected chi connectivity index (χ1v) is 10.7. The third-order valence-corrected chi connectivity index (χ3v) is 5.58. The summed E-state index contributed by atoms with van der Waals surface area (Å²) < 4.78 is 6.97. The third kappa shape index (κ3) is 4.30. The van der Waals surface area contributed by atoms with E-state index in [4.69, 9.17) is 17.0 Å². The zero-order valence-electron chi connectivity index (χ0n) is 14.5. The number of rotatable bonds is 4. The Bertz CT molecular complexity index is 1020. The minimum atomic E-state index is -0.611. The Morgan fingerprint density at radius 3 is 2.71 bits per heavy atom. The Kier molecular flexibility index (Phi) is 6.55. The molecule has 0 bridgehead atoms. The molecule has 0 aliphatic carbocycles. The van der Waals surface area contributed by atoms with Gasteiger partial charge in [0, 0.05) is 15.2 Å². The maximum Gasteiger partial charge on any atom is 0.270 e. The fourth-order valence-electron chi connectivity index (χ4n) is 2.62. The maximum absolute atomic E-state index is 13.1. The first kappa shape index (κ1) is 21.0. The largest absolute Gasteiger partial charge is 0.506 e. The summed E-state index contributed by atoms with van der Waals surface area (Å²) in [5.41, 5.74) is 0.738. The Hall–Kier alpha value is -1.73. The summed E-state index contributed by atoms with van der Waals surface area (Å²) in [5, 5.41) is 12.8. The van der Waals surface area contributed by atoms with Gasteiger partial charge in [-0.15, -0.1) is 0 Å². The van der Waals surface area contributed by atoms with Gasteiger partial charge in [-0.05, 0) is 94.7 Å². The maximum atomic E-state index is 13.1. The van der Waals surface area contributed by atoms with Gasteiger partial charge in [0.05, 0.1) is 15.9 Å². The Morgan fingerprint density at radius 1 is 1.25 bits per heavy atom. The van der Waals surface area contributed by atoms with Crippen LogP contribution in [0.3, 0.4) is 0 Å². The predicted molar refractivity (Wildman–Crippen MR) is 127 cm³/mol. The zero-order chi connectivity index (χ0) is 20.4. The van der Waals surface area contributed by atoms with Crippen LogP contribution in [0, 0.1) is 7.14 Å². The number of ether oxygens (including phenoxy) is 1. The molecule has 2 N–H and O–H groups in total. The van der Waals surface area contributed by atoms with Crippen molar-refractivity contribution in [2.45, 2.75) is 6.92 Å². The van der Waals surface area contributed by atoms with Crippen LogP contribution in [0.25, 0.3) is 6.08 Å². The van der Waals surface area contributed by atoms with Gasteiger partial charge < -0.3 is 9.84 Å². The van der Waals surface area contributed by atoms with Crippen molar-refractivity contribution in [3.63, 3.8) is 0 Å². The van der Waals surface area contributed by atoms with Crippen LogP contribution in [-0.4, -0.2) is 28.6 Å². The molecule has 0 radical (unpaired) electrons. The molecule has 0 spiro atoms. The number of amides is 2. The van der Waals surface area contributed by atoms with Crippen LogP contribution >= 0.6 is 57.4 Å². The third-order valence-electron chi connectivity index (χ3n) is 3.85. The van der Waals surface area contributed by atoms with E-state index in [-0.39, 0.29) is 16.4 Å². The molecular formula is C19H14I2N2O4S. The molecule has 28 heavy (non-hydrogen) atoms. The number of benzene rings is 2. The molecular weight excluding hydrogens is 606 g/mol. The molecule has 6 nitrogen and oxygen atoms in total. The van der Waals surface area contributed by atoms with Crippen LogP contribution in [-0.2, 0) is 9.59 Å². The van der Waals surface area contributed by atoms with Crippen LogP contribution in [0.4, 0.5) is 5.69 Å². The number of phenols is 1. The minimum absolute atomic E-state index is 0.00663. The molecule has 1 heterocycles. The number of carbonyl (C=O) groups is 2. The molecule has 1 aliphatic heterocycles. The highest BCUT2D eigenvalue weighted by molar-refractivity contribution is 14.1. The number of anilines is 1. The molecule has 0 aromatic heterocycles. The van der Waals surface area contributed by atoms with Crippen LogP contribution in [0.1, 0.15) is 12.5 Å². The molecule has 1 fully saturated rings.